The molecule has 2 bridgehead atoms. The summed E-state index contributed by atoms with van der Waals surface area (Å²) in [4.78, 5) is 44.2. The normalized spacial score (nSPS) is 22.0. The van der Waals surface area contributed by atoms with Crippen LogP contribution in [0, 0.1) is 22.6 Å². The number of nitrogens with zero attached hydrogens (tertiary/aromatic N) is 2. The third-order valence-corrected chi connectivity index (χ3v) is 9.03. The van der Waals surface area contributed by atoms with E-state index in [2.05, 4.69) is 36.4 Å². The van der Waals surface area contributed by atoms with E-state index in [4.69, 9.17) is 4.74 Å². The monoisotopic (exact) mass is 584 g/mol. The highest BCUT2D eigenvalue weighted by Crippen LogP contribution is 2.63. The van der Waals surface area contributed by atoms with Gasteiger partial charge in [0.15, 0.2) is 5.69 Å². The maximum Gasteiger partial charge on any atom is 0.408 e. The number of benzene rings is 2. The first-order chi connectivity index (χ1) is 19.0. The molecule has 3 N–H and O–H groups in total. The molecule has 2 aromatic carbocycles. The minimum absolute atomic E-state index is 0. The van der Waals surface area contributed by atoms with Crippen LogP contribution in [-0.2, 0) is 24.4 Å². The van der Waals surface area contributed by atoms with Crippen LogP contribution < -0.4 is 16.2 Å². The smallest absolute Gasteiger partial charge is 0.408 e. The molecule has 218 valence electrons. The summed E-state index contributed by atoms with van der Waals surface area (Å²) in [6.07, 6.45) is 0.914. The summed E-state index contributed by atoms with van der Waals surface area (Å²) in [5.74, 6) is -1.64. The Bertz CT molecular complexity index is 1500. The summed E-state index contributed by atoms with van der Waals surface area (Å²) in [5.41, 5.74) is -0.556. The lowest BCUT2D eigenvalue weighted by atomic mass is 9.62. The molecule has 0 spiro atoms. The highest BCUT2D eigenvalue weighted by Gasteiger charge is 2.59. The van der Waals surface area contributed by atoms with E-state index in [0.717, 1.165) is 18.4 Å². The van der Waals surface area contributed by atoms with E-state index in [1.54, 1.807) is 0 Å². The van der Waals surface area contributed by atoms with Gasteiger partial charge in [0.1, 0.15) is 18.2 Å². The number of hydrogen-bond donors (Lipinski definition) is 3. The molecule has 2 heterocycles. The van der Waals surface area contributed by atoms with Gasteiger partial charge in [-0.3, -0.25) is 14.2 Å². The predicted molar refractivity (Wildman–Crippen MR) is 152 cm³/mol. The summed E-state index contributed by atoms with van der Waals surface area (Å²) in [6, 6.07) is 14.1. The van der Waals surface area contributed by atoms with Gasteiger partial charge in [0.05, 0.1) is 6.04 Å². The molecule has 1 fully saturated rings. The third kappa shape index (κ3) is 5.53. The Balaban J connectivity index is 0.00000387. The summed E-state index contributed by atoms with van der Waals surface area (Å²) in [6.45, 7) is 6.68. The molecule has 2 aliphatic rings. The lowest BCUT2D eigenvalue weighted by molar-refractivity contribution is 0.0459. The summed E-state index contributed by atoms with van der Waals surface area (Å²) >= 11 is 0. The van der Waals surface area contributed by atoms with Gasteiger partial charge in [0.25, 0.3) is 11.5 Å². The van der Waals surface area contributed by atoms with Crippen LogP contribution in [0.1, 0.15) is 67.1 Å². The number of aromatic hydroxyl groups is 1. The zero-order valence-electron chi connectivity index (χ0n) is 23.1. The molecule has 5 rings (SSSR count). The van der Waals surface area contributed by atoms with Gasteiger partial charge in [-0.05, 0) is 47.4 Å². The molecule has 0 unspecified atom stereocenters. The Labute approximate surface area is 243 Å². The van der Waals surface area contributed by atoms with E-state index in [0.29, 0.717) is 12.1 Å². The van der Waals surface area contributed by atoms with Crippen molar-refractivity contribution in [3.8, 4) is 5.75 Å². The van der Waals surface area contributed by atoms with Gasteiger partial charge in [-0.25, -0.2) is 14.2 Å². The van der Waals surface area contributed by atoms with Crippen molar-refractivity contribution in [2.24, 2.45) is 16.7 Å². The SMILES string of the molecule is CC1(C)[C@@H]2CC[C@@]1(C)[C@@H](NC(=O)OCc1ccccc1)c1nc(C(=O)NCc3ccc(F)cc3)c(O)c(=O)n1C2.Cl. The van der Waals surface area contributed by atoms with Crippen molar-refractivity contribution < 1.29 is 23.8 Å². The zero-order valence-corrected chi connectivity index (χ0v) is 24.0. The number of halogens is 2. The average molecular weight is 585 g/mol. The van der Waals surface area contributed by atoms with Crippen molar-refractivity contribution in [2.75, 3.05) is 0 Å². The first-order valence-electron chi connectivity index (χ1n) is 13.3. The number of rotatable bonds is 6. The van der Waals surface area contributed by atoms with Gasteiger partial charge in [-0.1, -0.05) is 63.2 Å². The Morgan fingerprint density at radius 1 is 1.10 bits per heavy atom. The van der Waals surface area contributed by atoms with Crippen molar-refractivity contribution in [3.63, 3.8) is 0 Å². The van der Waals surface area contributed by atoms with Gasteiger partial charge in [0, 0.05) is 18.5 Å². The van der Waals surface area contributed by atoms with Crippen molar-refractivity contribution in [1.29, 1.82) is 0 Å². The van der Waals surface area contributed by atoms with Crippen LogP contribution in [0.4, 0.5) is 9.18 Å². The van der Waals surface area contributed by atoms with Gasteiger partial charge >= 0.3 is 6.09 Å². The van der Waals surface area contributed by atoms with E-state index in [9.17, 15) is 23.9 Å². The average Bonchev–Trinajstić information content (AvgIpc) is 3.13. The first kappa shape index (κ1) is 30.0. The molecule has 9 nitrogen and oxygen atoms in total. The van der Waals surface area contributed by atoms with E-state index in [1.807, 2.05) is 30.3 Å². The van der Waals surface area contributed by atoms with E-state index < -0.39 is 46.3 Å². The largest absolute Gasteiger partial charge is 0.501 e. The molecule has 2 amide bonds. The van der Waals surface area contributed by atoms with Crippen molar-refractivity contribution in [2.45, 2.75) is 59.4 Å². The molecule has 11 heteroatoms. The molecule has 1 aromatic heterocycles. The minimum Gasteiger partial charge on any atom is -0.501 e. The lowest BCUT2D eigenvalue weighted by Gasteiger charge is -2.44. The van der Waals surface area contributed by atoms with Crippen LogP contribution in [-0.4, -0.2) is 26.7 Å². The van der Waals surface area contributed by atoms with Gasteiger partial charge < -0.3 is 20.5 Å². The number of alkyl carbamates (subject to hydrolysis) is 1. The summed E-state index contributed by atoms with van der Waals surface area (Å²) in [5, 5.41) is 16.4. The molecule has 1 aliphatic heterocycles. The summed E-state index contributed by atoms with van der Waals surface area (Å²) in [7, 11) is 0. The van der Waals surface area contributed by atoms with E-state index in [1.165, 1.54) is 28.8 Å². The Kier molecular flexibility index (Phi) is 8.44. The highest BCUT2D eigenvalue weighted by molar-refractivity contribution is 5.94. The number of nitrogens with one attached hydrogen (secondary N) is 2. The molecule has 0 radical (unpaired) electrons. The van der Waals surface area contributed by atoms with E-state index >= 15 is 0 Å². The molecule has 1 aliphatic carbocycles. The second-order valence-electron chi connectivity index (χ2n) is 11.4. The third-order valence-electron chi connectivity index (χ3n) is 9.03. The lowest BCUT2D eigenvalue weighted by Crippen LogP contribution is -2.46. The maximum atomic E-state index is 13.4. The maximum absolute atomic E-state index is 13.4. The quantitative estimate of drug-likeness (QED) is 0.380. The molecular formula is C30H34ClFN4O5. The molecule has 41 heavy (non-hydrogen) atoms. The van der Waals surface area contributed by atoms with Crippen LogP contribution >= 0.6 is 12.4 Å². The van der Waals surface area contributed by atoms with E-state index in [-0.39, 0.29) is 42.7 Å². The molecule has 1 saturated carbocycles. The van der Waals surface area contributed by atoms with Crippen molar-refractivity contribution in [3.05, 3.63) is 93.4 Å². The fraction of sp³-hybridized carbons (Fsp3) is 0.400. The number of carbonyl (C=O) groups is 2. The van der Waals surface area contributed by atoms with Crippen LogP contribution in [0.5, 0.6) is 5.75 Å². The van der Waals surface area contributed by atoms with Crippen LogP contribution in [0.2, 0.25) is 0 Å². The zero-order chi connectivity index (χ0) is 28.7. The number of carbonyl (C=O) groups excluding carboxylic acids is 2. The van der Waals surface area contributed by atoms with Crippen molar-refractivity contribution >= 4 is 24.4 Å². The highest BCUT2D eigenvalue weighted by atomic mass is 35.5. The van der Waals surface area contributed by atoms with Crippen LogP contribution in [0.15, 0.2) is 59.4 Å². The number of aromatic nitrogens is 2. The number of amides is 2. The second kappa shape index (κ2) is 11.5. The Morgan fingerprint density at radius 3 is 2.46 bits per heavy atom. The summed E-state index contributed by atoms with van der Waals surface area (Å²) < 4.78 is 20.1. The number of fused-ring (bicyclic) bond motifs is 3. The standard InChI is InChI=1S/C30H33FN4O5.ClH/c1-29(2)20-13-14-30(29,3)24(34-28(39)40-17-19-7-5-4-6-8-19)25-33-22(23(36)27(38)35(25)16-20)26(37)32-15-18-9-11-21(31)12-10-18;/h4-12,20,24,36H,13-17H2,1-3H3,(H,32,37)(H,34,39);1H/t20-,24+,30+;/m1./s1. The molecule has 3 atom stereocenters. The van der Waals surface area contributed by atoms with Crippen LogP contribution in [0.25, 0.3) is 0 Å². The predicted octanol–water partition coefficient (Wildman–Crippen LogP) is 4.86. The topological polar surface area (TPSA) is 123 Å². The minimum atomic E-state index is -0.768. The number of hydrogen-bond acceptors (Lipinski definition) is 6. The Morgan fingerprint density at radius 2 is 1.78 bits per heavy atom. The van der Waals surface area contributed by atoms with Gasteiger partial charge in [-0.15, -0.1) is 12.4 Å². The fourth-order valence-electron chi connectivity index (χ4n) is 6.06. The Hall–Kier alpha value is -3.92. The van der Waals surface area contributed by atoms with Crippen LogP contribution in [0.3, 0.4) is 0 Å². The van der Waals surface area contributed by atoms with Crippen molar-refractivity contribution in [1.82, 2.24) is 20.2 Å². The number of ether oxygens (including phenoxy) is 1. The van der Waals surface area contributed by atoms with Gasteiger partial charge in [-0.2, -0.15) is 0 Å². The fourth-order valence-corrected chi connectivity index (χ4v) is 6.06. The second-order valence-corrected chi connectivity index (χ2v) is 11.4. The molecule has 0 saturated heterocycles. The first-order valence-corrected chi connectivity index (χ1v) is 13.3. The van der Waals surface area contributed by atoms with Gasteiger partial charge in [0.2, 0.25) is 5.75 Å². The molecule has 3 aromatic rings. The molecular weight excluding hydrogens is 551 g/mol.